The number of hydrogen-bond donors (Lipinski definition) is 1. The second-order valence-electron chi connectivity index (χ2n) is 3.73. The second kappa shape index (κ2) is 6.75. The predicted octanol–water partition coefficient (Wildman–Crippen LogP) is 1.58. The zero-order valence-corrected chi connectivity index (χ0v) is 10.7. The summed E-state index contributed by atoms with van der Waals surface area (Å²) in [4.78, 5) is 0. The third kappa shape index (κ3) is 3.69. The van der Waals surface area contributed by atoms with Gasteiger partial charge in [0, 0.05) is 6.42 Å². The summed E-state index contributed by atoms with van der Waals surface area (Å²) < 4.78 is 16.3. The molecule has 102 valence electrons. The van der Waals surface area contributed by atoms with E-state index in [1.165, 1.54) is 0 Å². The summed E-state index contributed by atoms with van der Waals surface area (Å²) in [6.45, 7) is 2.63. The van der Waals surface area contributed by atoms with E-state index < -0.39 is 0 Å². The Bertz CT molecular complexity index is 513. The maximum atomic E-state index is 8.76. The fourth-order valence-corrected chi connectivity index (χ4v) is 1.53. The van der Waals surface area contributed by atoms with Gasteiger partial charge in [-0.2, -0.15) is 0 Å². The molecule has 0 bridgehead atoms. The lowest BCUT2D eigenvalue weighted by molar-refractivity contribution is 0.235. The van der Waals surface area contributed by atoms with Gasteiger partial charge in [0.2, 0.25) is 5.89 Å². The SMILES string of the molecule is CCOc1ccccc1OCc1nnc(CCO)o1. The van der Waals surface area contributed by atoms with Crippen molar-refractivity contribution in [2.75, 3.05) is 13.2 Å². The van der Waals surface area contributed by atoms with Crippen molar-refractivity contribution in [1.29, 1.82) is 0 Å². The van der Waals surface area contributed by atoms with Crippen LogP contribution < -0.4 is 9.47 Å². The van der Waals surface area contributed by atoms with Crippen LogP contribution in [0.15, 0.2) is 28.7 Å². The van der Waals surface area contributed by atoms with Crippen LogP contribution in [0.25, 0.3) is 0 Å². The van der Waals surface area contributed by atoms with Gasteiger partial charge in [-0.3, -0.25) is 0 Å². The Hall–Kier alpha value is -2.08. The Morgan fingerprint density at radius 2 is 1.79 bits per heavy atom. The van der Waals surface area contributed by atoms with Gasteiger partial charge in [-0.1, -0.05) is 12.1 Å². The molecule has 0 saturated carbocycles. The third-order valence-electron chi connectivity index (χ3n) is 2.33. The summed E-state index contributed by atoms with van der Waals surface area (Å²) in [6.07, 6.45) is 0.350. The van der Waals surface area contributed by atoms with E-state index in [-0.39, 0.29) is 13.2 Å². The zero-order chi connectivity index (χ0) is 13.5. The summed E-state index contributed by atoms with van der Waals surface area (Å²) in [5.74, 6) is 2.08. The predicted molar refractivity (Wildman–Crippen MR) is 67.0 cm³/mol. The van der Waals surface area contributed by atoms with E-state index in [0.29, 0.717) is 36.3 Å². The van der Waals surface area contributed by atoms with Gasteiger partial charge in [0.25, 0.3) is 5.89 Å². The van der Waals surface area contributed by atoms with E-state index in [1.807, 2.05) is 31.2 Å². The molecule has 1 N–H and O–H groups in total. The number of ether oxygens (including phenoxy) is 2. The summed E-state index contributed by atoms with van der Waals surface area (Å²) in [7, 11) is 0. The smallest absolute Gasteiger partial charge is 0.253 e. The number of benzene rings is 1. The fraction of sp³-hybridized carbons (Fsp3) is 0.385. The van der Waals surface area contributed by atoms with Crippen molar-refractivity contribution in [1.82, 2.24) is 10.2 Å². The van der Waals surface area contributed by atoms with Crippen molar-refractivity contribution in [3.63, 3.8) is 0 Å². The first kappa shape index (κ1) is 13.4. The molecule has 0 aliphatic rings. The van der Waals surface area contributed by atoms with Crippen molar-refractivity contribution >= 4 is 0 Å². The molecule has 0 unspecified atom stereocenters. The molecular weight excluding hydrogens is 248 g/mol. The van der Waals surface area contributed by atoms with Gasteiger partial charge in [-0.25, -0.2) is 0 Å². The summed E-state index contributed by atoms with van der Waals surface area (Å²) in [5, 5.41) is 16.4. The van der Waals surface area contributed by atoms with Crippen LogP contribution in [0.1, 0.15) is 18.7 Å². The van der Waals surface area contributed by atoms with E-state index in [1.54, 1.807) is 0 Å². The van der Waals surface area contributed by atoms with E-state index in [9.17, 15) is 0 Å². The number of aliphatic hydroxyl groups is 1. The largest absolute Gasteiger partial charge is 0.490 e. The molecule has 0 atom stereocenters. The van der Waals surface area contributed by atoms with Gasteiger partial charge >= 0.3 is 0 Å². The first-order chi connectivity index (χ1) is 9.33. The highest BCUT2D eigenvalue weighted by atomic mass is 16.5. The number of hydrogen-bond acceptors (Lipinski definition) is 6. The van der Waals surface area contributed by atoms with Gasteiger partial charge in [-0.05, 0) is 19.1 Å². The minimum absolute atomic E-state index is 0.0182. The molecule has 0 radical (unpaired) electrons. The lowest BCUT2D eigenvalue weighted by Gasteiger charge is -2.09. The van der Waals surface area contributed by atoms with E-state index in [0.717, 1.165) is 0 Å². The topological polar surface area (TPSA) is 77.6 Å². The van der Waals surface area contributed by atoms with Crippen molar-refractivity contribution < 1.29 is 19.0 Å². The summed E-state index contributed by atoms with van der Waals surface area (Å²) in [5.41, 5.74) is 0. The maximum absolute atomic E-state index is 8.76. The molecule has 2 rings (SSSR count). The Morgan fingerprint density at radius 1 is 1.11 bits per heavy atom. The van der Waals surface area contributed by atoms with Crippen molar-refractivity contribution in [2.24, 2.45) is 0 Å². The standard InChI is InChI=1S/C13H16N2O4/c1-2-17-10-5-3-4-6-11(10)18-9-13-15-14-12(19-13)7-8-16/h3-6,16H,2,7-9H2,1H3. The van der Waals surface area contributed by atoms with Crippen LogP contribution in [0.2, 0.25) is 0 Å². The normalized spacial score (nSPS) is 10.4. The molecule has 1 heterocycles. The van der Waals surface area contributed by atoms with E-state index in [2.05, 4.69) is 10.2 Å². The quantitative estimate of drug-likeness (QED) is 0.818. The molecule has 0 aliphatic heterocycles. The first-order valence-electron chi connectivity index (χ1n) is 6.10. The lowest BCUT2D eigenvalue weighted by atomic mass is 10.3. The maximum Gasteiger partial charge on any atom is 0.253 e. The first-order valence-corrected chi connectivity index (χ1v) is 6.10. The average molecular weight is 264 g/mol. The molecule has 0 amide bonds. The van der Waals surface area contributed by atoms with Crippen LogP contribution in [0.4, 0.5) is 0 Å². The number of aromatic nitrogens is 2. The molecule has 0 saturated heterocycles. The molecule has 6 nitrogen and oxygen atoms in total. The molecule has 2 aromatic rings. The van der Waals surface area contributed by atoms with Gasteiger partial charge in [0.1, 0.15) is 0 Å². The Balaban J connectivity index is 1.97. The highest BCUT2D eigenvalue weighted by molar-refractivity contribution is 5.39. The Morgan fingerprint density at radius 3 is 2.47 bits per heavy atom. The van der Waals surface area contributed by atoms with E-state index in [4.69, 9.17) is 19.0 Å². The fourth-order valence-electron chi connectivity index (χ4n) is 1.53. The summed E-state index contributed by atoms with van der Waals surface area (Å²) >= 11 is 0. The lowest BCUT2D eigenvalue weighted by Crippen LogP contribution is -1.99. The monoisotopic (exact) mass is 264 g/mol. The Labute approximate surface area is 111 Å². The van der Waals surface area contributed by atoms with Crippen LogP contribution in [-0.4, -0.2) is 28.5 Å². The van der Waals surface area contributed by atoms with Gasteiger partial charge in [-0.15, -0.1) is 10.2 Å². The van der Waals surface area contributed by atoms with Crippen LogP contribution in [0.3, 0.4) is 0 Å². The molecule has 1 aromatic heterocycles. The third-order valence-corrected chi connectivity index (χ3v) is 2.33. The minimum atomic E-state index is -0.0182. The molecule has 0 spiro atoms. The number of rotatable bonds is 7. The zero-order valence-electron chi connectivity index (χ0n) is 10.7. The highest BCUT2D eigenvalue weighted by Gasteiger charge is 2.08. The number of nitrogens with zero attached hydrogens (tertiary/aromatic N) is 2. The molecule has 6 heteroatoms. The van der Waals surface area contributed by atoms with Crippen LogP contribution >= 0.6 is 0 Å². The van der Waals surface area contributed by atoms with Crippen molar-refractivity contribution in [2.45, 2.75) is 20.0 Å². The molecule has 0 aliphatic carbocycles. The van der Waals surface area contributed by atoms with Crippen LogP contribution in [0.5, 0.6) is 11.5 Å². The molecule has 19 heavy (non-hydrogen) atoms. The van der Waals surface area contributed by atoms with Gasteiger partial charge < -0.3 is 19.0 Å². The minimum Gasteiger partial charge on any atom is -0.490 e. The Kier molecular flexibility index (Phi) is 4.74. The summed E-state index contributed by atoms with van der Waals surface area (Å²) in [6, 6.07) is 7.40. The molecule has 1 aromatic carbocycles. The van der Waals surface area contributed by atoms with E-state index >= 15 is 0 Å². The average Bonchev–Trinajstić information content (AvgIpc) is 2.86. The van der Waals surface area contributed by atoms with Crippen LogP contribution in [-0.2, 0) is 13.0 Å². The van der Waals surface area contributed by atoms with Gasteiger partial charge in [0.15, 0.2) is 18.1 Å². The van der Waals surface area contributed by atoms with Crippen molar-refractivity contribution in [3.05, 3.63) is 36.0 Å². The van der Waals surface area contributed by atoms with Crippen LogP contribution in [0, 0.1) is 0 Å². The highest BCUT2D eigenvalue weighted by Crippen LogP contribution is 2.26. The molecule has 0 fully saturated rings. The second-order valence-corrected chi connectivity index (χ2v) is 3.73. The molecular formula is C13H16N2O4. The number of para-hydroxylation sites is 2. The van der Waals surface area contributed by atoms with Gasteiger partial charge in [0.05, 0.1) is 13.2 Å². The number of aliphatic hydroxyl groups excluding tert-OH is 1. The van der Waals surface area contributed by atoms with Crippen molar-refractivity contribution in [3.8, 4) is 11.5 Å².